The van der Waals surface area contributed by atoms with Gasteiger partial charge in [-0.2, -0.15) is 0 Å². The number of morpholine rings is 2. The van der Waals surface area contributed by atoms with Crippen molar-refractivity contribution in [1.82, 2.24) is 34.4 Å². The second-order valence-corrected chi connectivity index (χ2v) is 7.36. The normalized spacial score (nSPS) is 18.2. The summed E-state index contributed by atoms with van der Waals surface area (Å²) in [5.74, 6) is 1.61. The van der Waals surface area contributed by atoms with Crippen LogP contribution in [-0.4, -0.2) is 93.5 Å². The van der Waals surface area contributed by atoms with Gasteiger partial charge in [0.15, 0.2) is 22.8 Å². The minimum Gasteiger partial charge on any atom is -0.379 e. The fraction of sp³-hybridized carbons (Fsp3) is 0.526. The molecule has 2 aliphatic rings. The van der Waals surface area contributed by atoms with Gasteiger partial charge in [0.1, 0.15) is 0 Å². The zero-order valence-electron chi connectivity index (χ0n) is 16.8. The molecule has 0 radical (unpaired) electrons. The van der Waals surface area contributed by atoms with Crippen LogP contribution in [0.5, 0.6) is 0 Å². The van der Waals surface area contributed by atoms with Crippen LogP contribution < -0.4 is 10.6 Å². The Labute approximate surface area is 173 Å². The summed E-state index contributed by atoms with van der Waals surface area (Å²) in [4.78, 5) is 27.1. The molecular weight excluding hydrogens is 386 g/mol. The maximum Gasteiger partial charge on any atom is 0.219 e. The molecular formula is C19H25N9O2. The smallest absolute Gasteiger partial charge is 0.219 e. The first-order valence-electron chi connectivity index (χ1n) is 10.2. The molecule has 2 N–H and O–H groups in total. The fourth-order valence-electron chi connectivity index (χ4n) is 3.75. The average Bonchev–Trinajstić information content (AvgIpc) is 3.22. The monoisotopic (exact) mass is 411 g/mol. The summed E-state index contributed by atoms with van der Waals surface area (Å²) in [5.41, 5.74) is 7.99. The molecule has 5 rings (SSSR count). The van der Waals surface area contributed by atoms with Gasteiger partial charge in [-0.15, -0.1) is 0 Å². The first-order valence-corrected chi connectivity index (χ1v) is 10.2. The first-order chi connectivity index (χ1) is 14.8. The largest absolute Gasteiger partial charge is 0.379 e. The molecule has 0 saturated carbocycles. The lowest BCUT2D eigenvalue weighted by molar-refractivity contribution is 0.0365. The molecule has 0 aliphatic carbocycles. The maximum absolute atomic E-state index is 5.65. The number of hydrogen-bond donors (Lipinski definition) is 1. The van der Waals surface area contributed by atoms with Crippen molar-refractivity contribution >= 4 is 22.9 Å². The Morgan fingerprint density at radius 1 is 0.867 bits per heavy atom. The highest BCUT2D eigenvalue weighted by Crippen LogP contribution is 2.27. The van der Waals surface area contributed by atoms with E-state index in [-0.39, 0.29) is 5.95 Å². The minimum absolute atomic E-state index is 0.226. The Bertz CT molecular complexity index is 995. The van der Waals surface area contributed by atoms with Crippen molar-refractivity contribution in [2.75, 3.05) is 69.8 Å². The third kappa shape index (κ3) is 3.91. The molecule has 3 aromatic heterocycles. The van der Waals surface area contributed by atoms with Crippen LogP contribution in [0, 0.1) is 0 Å². The summed E-state index contributed by atoms with van der Waals surface area (Å²) in [6, 6.07) is 0. The van der Waals surface area contributed by atoms with Crippen LogP contribution in [0.3, 0.4) is 0 Å². The predicted octanol–water partition coefficient (Wildman–Crippen LogP) is 0.0343. The second-order valence-electron chi connectivity index (χ2n) is 7.36. The Morgan fingerprint density at radius 3 is 2.30 bits per heavy atom. The number of fused-ring (bicyclic) bond motifs is 1. The molecule has 11 nitrogen and oxygen atoms in total. The second kappa shape index (κ2) is 8.46. The summed E-state index contributed by atoms with van der Waals surface area (Å²) >= 11 is 0. The molecule has 0 atom stereocenters. The number of anilines is 2. The van der Waals surface area contributed by atoms with Crippen LogP contribution in [-0.2, 0) is 16.0 Å². The zero-order chi connectivity index (χ0) is 20.3. The molecule has 11 heteroatoms. The number of rotatable bonds is 5. The van der Waals surface area contributed by atoms with Gasteiger partial charge in [0.25, 0.3) is 0 Å². The van der Waals surface area contributed by atoms with E-state index in [0.717, 1.165) is 75.0 Å². The maximum atomic E-state index is 5.65. The highest BCUT2D eigenvalue weighted by atomic mass is 16.5. The van der Waals surface area contributed by atoms with Crippen molar-refractivity contribution in [3.8, 4) is 11.4 Å². The Hall–Kier alpha value is -2.89. The van der Waals surface area contributed by atoms with Crippen LogP contribution in [0.4, 0.5) is 11.8 Å². The highest BCUT2D eigenvalue weighted by molar-refractivity contribution is 5.85. The summed E-state index contributed by atoms with van der Waals surface area (Å²) in [7, 11) is 0. The molecule has 0 spiro atoms. The predicted molar refractivity (Wildman–Crippen MR) is 111 cm³/mol. The van der Waals surface area contributed by atoms with E-state index in [2.05, 4.69) is 29.3 Å². The van der Waals surface area contributed by atoms with Crippen LogP contribution in [0.1, 0.15) is 0 Å². The van der Waals surface area contributed by atoms with Crippen LogP contribution in [0.15, 0.2) is 18.7 Å². The molecule has 3 aromatic rings. The van der Waals surface area contributed by atoms with E-state index in [0.29, 0.717) is 19.0 Å². The standard InChI is InChI=1S/C19H25N9O2/c20-19-21-11-14(12-22-19)16-24-17(27-5-9-30-10-6-27)15-18(25-16)28(13-23-15)2-1-26-3-7-29-8-4-26/h11-13H,1-10H2,(H2,20,21,22). The van der Waals surface area contributed by atoms with E-state index in [4.69, 9.17) is 25.2 Å². The van der Waals surface area contributed by atoms with Gasteiger partial charge < -0.3 is 24.7 Å². The molecule has 5 heterocycles. The van der Waals surface area contributed by atoms with Gasteiger partial charge in [-0.25, -0.2) is 24.9 Å². The molecule has 2 fully saturated rings. The van der Waals surface area contributed by atoms with Crippen molar-refractivity contribution < 1.29 is 9.47 Å². The van der Waals surface area contributed by atoms with Crippen LogP contribution in [0.2, 0.25) is 0 Å². The van der Waals surface area contributed by atoms with Gasteiger partial charge in [-0.05, 0) is 0 Å². The fourth-order valence-corrected chi connectivity index (χ4v) is 3.75. The van der Waals surface area contributed by atoms with Gasteiger partial charge in [0.05, 0.1) is 38.3 Å². The van der Waals surface area contributed by atoms with Crippen molar-refractivity contribution in [2.24, 2.45) is 0 Å². The van der Waals surface area contributed by atoms with Gasteiger partial charge >= 0.3 is 0 Å². The Balaban J connectivity index is 1.51. The first kappa shape index (κ1) is 19.1. The number of ether oxygens (including phenoxy) is 2. The number of imidazole rings is 1. The average molecular weight is 411 g/mol. The lowest BCUT2D eigenvalue weighted by atomic mass is 10.3. The van der Waals surface area contributed by atoms with Crippen molar-refractivity contribution in [1.29, 1.82) is 0 Å². The summed E-state index contributed by atoms with van der Waals surface area (Å²) in [5, 5.41) is 0. The molecule has 0 unspecified atom stereocenters. The third-order valence-corrected chi connectivity index (χ3v) is 5.45. The van der Waals surface area contributed by atoms with Crippen molar-refractivity contribution in [3.63, 3.8) is 0 Å². The molecule has 0 amide bonds. The number of nitrogens with zero attached hydrogens (tertiary/aromatic N) is 8. The highest BCUT2D eigenvalue weighted by Gasteiger charge is 2.21. The van der Waals surface area contributed by atoms with Crippen molar-refractivity contribution in [3.05, 3.63) is 18.7 Å². The van der Waals surface area contributed by atoms with E-state index in [9.17, 15) is 0 Å². The topological polar surface area (TPSA) is 120 Å². The molecule has 2 saturated heterocycles. The minimum atomic E-state index is 0.226. The number of aromatic nitrogens is 6. The lowest BCUT2D eigenvalue weighted by Crippen LogP contribution is -2.38. The third-order valence-electron chi connectivity index (χ3n) is 5.45. The number of hydrogen-bond acceptors (Lipinski definition) is 10. The Morgan fingerprint density at radius 2 is 1.57 bits per heavy atom. The van der Waals surface area contributed by atoms with Crippen molar-refractivity contribution in [2.45, 2.75) is 6.54 Å². The summed E-state index contributed by atoms with van der Waals surface area (Å²) < 4.78 is 13.1. The SMILES string of the molecule is Nc1ncc(-c2nc(N3CCOCC3)c3ncn(CCN4CCOCC4)c3n2)cn1. The van der Waals surface area contributed by atoms with E-state index in [1.165, 1.54) is 0 Å². The molecule has 30 heavy (non-hydrogen) atoms. The molecule has 2 aliphatic heterocycles. The number of nitrogen functional groups attached to an aromatic ring is 1. The number of nitrogens with two attached hydrogens (primary N) is 1. The quantitative estimate of drug-likeness (QED) is 0.616. The van der Waals surface area contributed by atoms with E-state index in [1.807, 2.05) is 6.33 Å². The van der Waals surface area contributed by atoms with Gasteiger partial charge in [-0.3, -0.25) is 4.90 Å². The van der Waals surface area contributed by atoms with E-state index in [1.54, 1.807) is 12.4 Å². The van der Waals surface area contributed by atoms with Crippen LogP contribution in [0.25, 0.3) is 22.6 Å². The lowest BCUT2D eigenvalue weighted by Gasteiger charge is -2.28. The van der Waals surface area contributed by atoms with Gasteiger partial charge in [0, 0.05) is 51.7 Å². The zero-order valence-corrected chi connectivity index (χ0v) is 16.8. The molecule has 0 aromatic carbocycles. The van der Waals surface area contributed by atoms with Gasteiger partial charge in [0.2, 0.25) is 5.95 Å². The van der Waals surface area contributed by atoms with E-state index < -0.39 is 0 Å². The van der Waals surface area contributed by atoms with Gasteiger partial charge in [-0.1, -0.05) is 0 Å². The summed E-state index contributed by atoms with van der Waals surface area (Å²) in [6.45, 7) is 8.08. The van der Waals surface area contributed by atoms with E-state index >= 15 is 0 Å². The Kier molecular flexibility index (Phi) is 5.39. The molecule has 158 valence electrons. The summed E-state index contributed by atoms with van der Waals surface area (Å²) in [6.07, 6.45) is 5.16. The van der Waals surface area contributed by atoms with Crippen LogP contribution >= 0.6 is 0 Å². The molecule has 0 bridgehead atoms.